The van der Waals surface area contributed by atoms with Gasteiger partial charge in [-0.25, -0.2) is 28.1 Å². The van der Waals surface area contributed by atoms with E-state index in [1.807, 2.05) is 0 Å². The third-order valence-corrected chi connectivity index (χ3v) is 4.20. The molecule has 1 aromatic heterocycles. The van der Waals surface area contributed by atoms with Crippen LogP contribution in [0.15, 0.2) is 14.4 Å². The molecular weight excluding hydrogens is 298 g/mol. The second-order valence-corrected chi connectivity index (χ2v) is 5.95. The number of ether oxygens (including phenoxy) is 4. The van der Waals surface area contributed by atoms with Crippen molar-refractivity contribution >= 4 is 0 Å². The standard InChI is InChI=1S/C12H13N3O7/c16-9-13(1-6-3-19-6)10(17)15(5-12-8(21-12)22-12)11(18)14(9)2-7-4-20-7/h6-8H,1-5H2. The lowest BCUT2D eigenvalue weighted by molar-refractivity contribution is -0.0585. The molecule has 118 valence electrons. The highest BCUT2D eigenvalue weighted by Gasteiger charge is 2.77. The first kappa shape index (κ1) is 12.8. The first-order valence-electron chi connectivity index (χ1n) is 7.11. The molecule has 0 N–H and O–H groups in total. The van der Waals surface area contributed by atoms with Gasteiger partial charge in [-0.2, -0.15) is 0 Å². The smallest absolute Gasteiger partial charge is 0.336 e. The van der Waals surface area contributed by atoms with E-state index in [0.717, 1.165) is 13.7 Å². The Morgan fingerprint density at radius 1 is 0.864 bits per heavy atom. The minimum Gasteiger partial charge on any atom is -0.371 e. The summed E-state index contributed by atoms with van der Waals surface area (Å²) in [5, 5.41) is 0. The zero-order valence-electron chi connectivity index (χ0n) is 11.5. The summed E-state index contributed by atoms with van der Waals surface area (Å²) < 4.78 is 23.5. The van der Waals surface area contributed by atoms with Gasteiger partial charge in [0.25, 0.3) is 0 Å². The highest BCUT2D eigenvalue weighted by atomic mass is 17.0. The molecule has 0 amide bonds. The van der Waals surface area contributed by atoms with Gasteiger partial charge >= 0.3 is 17.1 Å². The molecule has 2 atom stereocenters. The van der Waals surface area contributed by atoms with Crippen LogP contribution in [-0.4, -0.2) is 51.2 Å². The minimum absolute atomic E-state index is 0.00728. The van der Waals surface area contributed by atoms with Crippen molar-refractivity contribution in [1.82, 2.24) is 13.7 Å². The quantitative estimate of drug-likeness (QED) is 0.516. The van der Waals surface area contributed by atoms with Gasteiger partial charge in [0.05, 0.1) is 45.1 Å². The molecule has 0 aliphatic carbocycles. The number of epoxide rings is 4. The van der Waals surface area contributed by atoms with Crippen LogP contribution in [0.1, 0.15) is 0 Å². The predicted octanol–water partition coefficient (Wildman–Crippen LogP) is -2.95. The maximum absolute atomic E-state index is 12.5. The minimum atomic E-state index is -0.838. The highest BCUT2D eigenvalue weighted by Crippen LogP contribution is 2.56. The Morgan fingerprint density at radius 3 is 1.64 bits per heavy atom. The van der Waals surface area contributed by atoms with Gasteiger partial charge in [0, 0.05) is 0 Å². The third kappa shape index (κ3) is 1.92. The fourth-order valence-electron chi connectivity index (χ4n) is 2.56. The van der Waals surface area contributed by atoms with Crippen LogP contribution < -0.4 is 17.1 Å². The Labute approximate surface area is 122 Å². The van der Waals surface area contributed by atoms with E-state index in [0.29, 0.717) is 13.2 Å². The Kier molecular flexibility index (Phi) is 2.30. The average Bonchev–Trinajstić information content (AvgIpc) is 3.27. The molecular formula is C12H13N3O7. The Balaban J connectivity index is 1.62. The SMILES string of the molecule is O=c1n(CC2CO2)c(=O)n(CC23OC2O3)c(=O)n1CC1CO1. The second-order valence-electron chi connectivity index (χ2n) is 5.95. The Morgan fingerprint density at radius 2 is 1.27 bits per heavy atom. The molecule has 0 bridgehead atoms. The van der Waals surface area contributed by atoms with E-state index in [4.69, 9.17) is 18.9 Å². The van der Waals surface area contributed by atoms with E-state index >= 15 is 0 Å². The Hall–Kier alpha value is -1.75. The van der Waals surface area contributed by atoms with Gasteiger partial charge in [0.15, 0.2) is 0 Å². The zero-order chi connectivity index (χ0) is 15.1. The van der Waals surface area contributed by atoms with E-state index in [1.54, 1.807) is 0 Å². The van der Waals surface area contributed by atoms with Gasteiger partial charge < -0.3 is 18.9 Å². The molecule has 10 nitrogen and oxygen atoms in total. The topological polar surface area (TPSA) is 116 Å². The van der Waals surface area contributed by atoms with Crippen molar-refractivity contribution in [3.8, 4) is 0 Å². The molecule has 5 rings (SSSR count). The van der Waals surface area contributed by atoms with E-state index in [-0.39, 0.29) is 38.1 Å². The van der Waals surface area contributed by atoms with Crippen molar-refractivity contribution in [1.29, 1.82) is 0 Å². The first-order chi connectivity index (χ1) is 10.6. The van der Waals surface area contributed by atoms with Gasteiger partial charge in [0.1, 0.15) is 0 Å². The van der Waals surface area contributed by atoms with Crippen molar-refractivity contribution in [3.63, 3.8) is 0 Å². The zero-order valence-corrected chi connectivity index (χ0v) is 11.5. The molecule has 4 saturated heterocycles. The summed E-state index contributed by atoms with van der Waals surface area (Å²) in [4.78, 5) is 37.4. The van der Waals surface area contributed by atoms with Gasteiger partial charge in [-0.1, -0.05) is 0 Å². The second kappa shape index (κ2) is 3.96. The van der Waals surface area contributed by atoms with Gasteiger partial charge in [-0.3, -0.25) is 0 Å². The van der Waals surface area contributed by atoms with Crippen LogP contribution in [-0.2, 0) is 38.6 Å². The van der Waals surface area contributed by atoms with Crippen molar-refractivity contribution in [2.24, 2.45) is 0 Å². The van der Waals surface area contributed by atoms with Gasteiger partial charge in [-0.05, 0) is 0 Å². The predicted molar refractivity (Wildman–Crippen MR) is 67.4 cm³/mol. The van der Waals surface area contributed by atoms with Crippen LogP contribution in [0.25, 0.3) is 0 Å². The van der Waals surface area contributed by atoms with Crippen LogP contribution in [0.5, 0.6) is 0 Å². The average molecular weight is 311 g/mol. The van der Waals surface area contributed by atoms with Crippen LogP contribution >= 0.6 is 0 Å². The molecule has 2 unspecified atom stereocenters. The van der Waals surface area contributed by atoms with Crippen molar-refractivity contribution < 1.29 is 18.9 Å². The largest absolute Gasteiger partial charge is 0.371 e. The molecule has 0 aromatic carbocycles. The normalized spacial score (nSPS) is 36.8. The molecule has 0 radical (unpaired) electrons. The van der Waals surface area contributed by atoms with E-state index < -0.39 is 22.9 Å². The monoisotopic (exact) mass is 311 g/mol. The molecule has 0 saturated carbocycles. The molecule has 4 aliphatic heterocycles. The van der Waals surface area contributed by atoms with Crippen LogP contribution in [0.4, 0.5) is 0 Å². The molecule has 5 heterocycles. The van der Waals surface area contributed by atoms with Gasteiger partial charge in [0.2, 0.25) is 12.1 Å². The van der Waals surface area contributed by atoms with E-state index in [2.05, 4.69) is 0 Å². The first-order valence-corrected chi connectivity index (χ1v) is 7.11. The van der Waals surface area contributed by atoms with Crippen molar-refractivity contribution in [2.75, 3.05) is 13.2 Å². The number of rotatable bonds is 6. The lowest BCUT2D eigenvalue weighted by Gasteiger charge is -2.12. The highest BCUT2D eigenvalue weighted by molar-refractivity contribution is 5.03. The fourth-order valence-corrected chi connectivity index (χ4v) is 2.56. The van der Waals surface area contributed by atoms with Crippen LogP contribution in [0.2, 0.25) is 0 Å². The van der Waals surface area contributed by atoms with Crippen molar-refractivity contribution in [3.05, 3.63) is 31.5 Å². The number of fused-ring (bicyclic) bond motifs is 1. The molecule has 10 heteroatoms. The fraction of sp³-hybridized carbons (Fsp3) is 0.750. The van der Waals surface area contributed by atoms with E-state index in [1.165, 1.54) is 0 Å². The number of hydrogen-bond donors (Lipinski definition) is 0. The van der Waals surface area contributed by atoms with Crippen LogP contribution in [0, 0.1) is 0 Å². The van der Waals surface area contributed by atoms with Gasteiger partial charge in [-0.15, -0.1) is 0 Å². The van der Waals surface area contributed by atoms with Crippen LogP contribution in [0.3, 0.4) is 0 Å². The lowest BCUT2D eigenvalue weighted by atomic mass is 10.4. The molecule has 1 aromatic rings. The summed E-state index contributed by atoms with van der Waals surface area (Å²) in [5.41, 5.74) is -1.94. The van der Waals surface area contributed by atoms with Crippen molar-refractivity contribution in [2.45, 2.75) is 43.9 Å². The molecule has 22 heavy (non-hydrogen) atoms. The summed E-state index contributed by atoms with van der Waals surface area (Å²) in [7, 11) is 0. The Bertz CT molecular complexity index is 770. The summed E-state index contributed by atoms with van der Waals surface area (Å²) in [6.45, 7) is 1.29. The summed E-state index contributed by atoms with van der Waals surface area (Å²) in [6.07, 6.45) is -0.629. The maximum Gasteiger partial charge on any atom is 0.336 e. The summed E-state index contributed by atoms with van der Waals surface area (Å²) >= 11 is 0. The lowest BCUT2D eigenvalue weighted by Crippen LogP contribution is -2.56. The molecule has 0 spiro atoms. The van der Waals surface area contributed by atoms with E-state index in [9.17, 15) is 14.4 Å². The molecule has 4 aliphatic rings. The number of nitrogens with zero attached hydrogens (tertiary/aromatic N) is 3. The summed E-state index contributed by atoms with van der Waals surface area (Å²) in [6, 6.07) is 0. The number of hydrogen-bond acceptors (Lipinski definition) is 7. The third-order valence-electron chi connectivity index (χ3n) is 4.20. The molecule has 4 fully saturated rings. The number of aromatic nitrogens is 3. The summed E-state index contributed by atoms with van der Waals surface area (Å²) in [5.74, 6) is -0.838. The maximum atomic E-state index is 12.5.